The van der Waals surface area contributed by atoms with Crippen molar-refractivity contribution in [2.75, 3.05) is 6.61 Å². The van der Waals surface area contributed by atoms with E-state index in [-0.39, 0.29) is 6.04 Å². The van der Waals surface area contributed by atoms with Gasteiger partial charge in [-0.25, -0.2) is 0 Å². The van der Waals surface area contributed by atoms with Crippen LogP contribution in [-0.4, -0.2) is 11.6 Å². The van der Waals surface area contributed by atoms with E-state index in [1.807, 2.05) is 30.3 Å². The lowest BCUT2D eigenvalue weighted by molar-refractivity contribution is 0.315. The third-order valence-electron chi connectivity index (χ3n) is 3.19. The third kappa shape index (κ3) is 4.43. The van der Waals surface area contributed by atoms with Gasteiger partial charge in [0.25, 0.3) is 0 Å². The Labute approximate surface area is 130 Å². The first kappa shape index (κ1) is 15.8. The summed E-state index contributed by atoms with van der Waals surface area (Å²) in [6, 6.07) is 9.65. The molecular weight excluding hydrogens is 286 g/mol. The summed E-state index contributed by atoms with van der Waals surface area (Å²) in [6.45, 7) is 2.75. The van der Waals surface area contributed by atoms with Crippen LogP contribution in [0.15, 0.2) is 42.7 Å². The number of hydrogen-bond acceptors (Lipinski definition) is 4. The van der Waals surface area contributed by atoms with Gasteiger partial charge >= 0.3 is 0 Å². The highest BCUT2D eigenvalue weighted by atomic mass is 35.5. The SMILES string of the molecule is CCCOc1cncc(C(Cc2ccccc2Cl)NN)c1. The maximum absolute atomic E-state index is 6.20. The largest absolute Gasteiger partial charge is 0.492 e. The Morgan fingerprint density at radius 2 is 2.14 bits per heavy atom. The van der Waals surface area contributed by atoms with Crippen LogP contribution < -0.4 is 16.0 Å². The molecule has 112 valence electrons. The summed E-state index contributed by atoms with van der Waals surface area (Å²) < 4.78 is 5.61. The van der Waals surface area contributed by atoms with Crippen molar-refractivity contribution < 1.29 is 4.74 Å². The second-order valence-corrected chi connectivity index (χ2v) is 5.22. The van der Waals surface area contributed by atoms with Gasteiger partial charge in [0.2, 0.25) is 0 Å². The lowest BCUT2D eigenvalue weighted by Gasteiger charge is -2.17. The van der Waals surface area contributed by atoms with E-state index in [1.165, 1.54) is 0 Å². The van der Waals surface area contributed by atoms with Crippen LogP contribution in [0.4, 0.5) is 0 Å². The molecule has 0 saturated heterocycles. The molecule has 1 heterocycles. The number of nitrogens with zero attached hydrogens (tertiary/aromatic N) is 1. The van der Waals surface area contributed by atoms with Crippen LogP contribution in [0.25, 0.3) is 0 Å². The molecule has 0 bridgehead atoms. The molecule has 1 aromatic heterocycles. The van der Waals surface area contributed by atoms with E-state index in [0.29, 0.717) is 13.0 Å². The van der Waals surface area contributed by atoms with Crippen molar-refractivity contribution in [2.45, 2.75) is 25.8 Å². The molecule has 0 fully saturated rings. The minimum atomic E-state index is -0.0671. The quantitative estimate of drug-likeness (QED) is 0.609. The van der Waals surface area contributed by atoms with Gasteiger partial charge in [-0.05, 0) is 36.1 Å². The number of halogens is 1. The highest BCUT2D eigenvalue weighted by Crippen LogP contribution is 2.24. The zero-order valence-electron chi connectivity index (χ0n) is 12.1. The van der Waals surface area contributed by atoms with Gasteiger partial charge < -0.3 is 4.74 Å². The molecule has 1 unspecified atom stereocenters. The smallest absolute Gasteiger partial charge is 0.137 e. The normalized spacial score (nSPS) is 12.1. The van der Waals surface area contributed by atoms with Crippen LogP contribution in [0.5, 0.6) is 5.75 Å². The fraction of sp³-hybridized carbons (Fsp3) is 0.312. The molecule has 21 heavy (non-hydrogen) atoms. The van der Waals surface area contributed by atoms with Crippen molar-refractivity contribution in [1.82, 2.24) is 10.4 Å². The molecule has 1 atom stereocenters. The summed E-state index contributed by atoms with van der Waals surface area (Å²) in [6.07, 6.45) is 5.15. The molecule has 3 N–H and O–H groups in total. The zero-order valence-corrected chi connectivity index (χ0v) is 12.8. The summed E-state index contributed by atoms with van der Waals surface area (Å²) in [5.41, 5.74) is 4.84. The van der Waals surface area contributed by atoms with Crippen molar-refractivity contribution in [1.29, 1.82) is 0 Å². The Morgan fingerprint density at radius 3 is 2.86 bits per heavy atom. The number of hydrogen-bond donors (Lipinski definition) is 2. The molecule has 0 saturated carbocycles. The highest BCUT2D eigenvalue weighted by Gasteiger charge is 2.13. The Kier molecular flexibility index (Phi) is 5.99. The zero-order chi connectivity index (χ0) is 15.1. The fourth-order valence-corrected chi connectivity index (χ4v) is 2.29. The molecular formula is C16H20ClN3O. The lowest BCUT2D eigenvalue weighted by atomic mass is 10.0. The summed E-state index contributed by atoms with van der Waals surface area (Å²) in [5, 5.41) is 0.740. The Morgan fingerprint density at radius 1 is 1.33 bits per heavy atom. The van der Waals surface area contributed by atoms with Crippen LogP contribution in [0.3, 0.4) is 0 Å². The monoisotopic (exact) mass is 305 g/mol. The number of ether oxygens (including phenoxy) is 1. The van der Waals surface area contributed by atoms with Crippen LogP contribution >= 0.6 is 11.6 Å². The number of rotatable bonds is 7. The van der Waals surface area contributed by atoms with E-state index < -0.39 is 0 Å². The molecule has 0 spiro atoms. The van der Waals surface area contributed by atoms with E-state index in [4.69, 9.17) is 22.2 Å². The van der Waals surface area contributed by atoms with Gasteiger partial charge in [0.1, 0.15) is 5.75 Å². The first-order valence-electron chi connectivity index (χ1n) is 7.02. The van der Waals surface area contributed by atoms with Crippen molar-refractivity contribution >= 4 is 11.6 Å². The first-order valence-corrected chi connectivity index (χ1v) is 7.39. The van der Waals surface area contributed by atoms with Crippen molar-refractivity contribution in [3.05, 3.63) is 58.9 Å². The molecule has 2 aromatic rings. The maximum Gasteiger partial charge on any atom is 0.137 e. The highest BCUT2D eigenvalue weighted by molar-refractivity contribution is 6.31. The van der Waals surface area contributed by atoms with Crippen molar-refractivity contribution in [2.24, 2.45) is 5.84 Å². The predicted octanol–water partition coefficient (Wildman–Crippen LogP) is 3.27. The predicted molar refractivity (Wildman–Crippen MR) is 85.2 cm³/mol. The molecule has 0 aliphatic carbocycles. The second-order valence-electron chi connectivity index (χ2n) is 4.82. The summed E-state index contributed by atoms with van der Waals surface area (Å²) in [4.78, 5) is 4.22. The molecule has 0 radical (unpaired) electrons. The number of nitrogens with two attached hydrogens (primary N) is 1. The number of aromatic nitrogens is 1. The average Bonchev–Trinajstić information content (AvgIpc) is 2.52. The Balaban J connectivity index is 2.15. The first-order chi connectivity index (χ1) is 10.2. The molecule has 0 aliphatic rings. The van der Waals surface area contributed by atoms with E-state index in [2.05, 4.69) is 17.3 Å². The van der Waals surface area contributed by atoms with Crippen LogP contribution in [-0.2, 0) is 6.42 Å². The van der Waals surface area contributed by atoms with Gasteiger partial charge in [0, 0.05) is 11.2 Å². The maximum atomic E-state index is 6.20. The summed E-state index contributed by atoms with van der Waals surface area (Å²) in [7, 11) is 0. The van der Waals surface area contributed by atoms with Crippen LogP contribution in [0, 0.1) is 0 Å². The van der Waals surface area contributed by atoms with Gasteiger partial charge in [-0.3, -0.25) is 16.3 Å². The number of pyridine rings is 1. The standard InChI is InChI=1S/C16H20ClN3O/c1-2-7-21-14-8-13(10-19-11-14)16(20-18)9-12-5-3-4-6-15(12)17/h3-6,8,10-11,16,20H,2,7,9,18H2,1H3. The van der Waals surface area contributed by atoms with E-state index in [9.17, 15) is 0 Å². The average molecular weight is 306 g/mol. The third-order valence-corrected chi connectivity index (χ3v) is 3.56. The van der Waals surface area contributed by atoms with Crippen molar-refractivity contribution in [3.63, 3.8) is 0 Å². The number of hydrazine groups is 1. The van der Waals surface area contributed by atoms with E-state index in [0.717, 1.165) is 28.3 Å². The van der Waals surface area contributed by atoms with Gasteiger partial charge in [0.15, 0.2) is 0 Å². The van der Waals surface area contributed by atoms with Crippen LogP contribution in [0.2, 0.25) is 5.02 Å². The second kappa shape index (κ2) is 7.98. The Bertz CT molecular complexity index is 577. The van der Waals surface area contributed by atoms with Crippen molar-refractivity contribution in [3.8, 4) is 5.75 Å². The molecule has 2 rings (SSSR count). The Hall–Kier alpha value is -1.62. The summed E-state index contributed by atoms with van der Waals surface area (Å²) in [5.74, 6) is 6.45. The molecule has 0 aliphatic heterocycles. The summed E-state index contributed by atoms with van der Waals surface area (Å²) >= 11 is 6.20. The fourth-order valence-electron chi connectivity index (χ4n) is 2.08. The topological polar surface area (TPSA) is 60.2 Å². The molecule has 1 aromatic carbocycles. The van der Waals surface area contributed by atoms with Gasteiger partial charge in [-0.1, -0.05) is 36.7 Å². The lowest BCUT2D eigenvalue weighted by Crippen LogP contribution is -2.29. The van der Waals surface area contributed by atoms with Gasteiger partial charge in [-0.15, -0.1) is 0 Å². The van der Waals surface area contributed by atoms with E-state index in [1.54, 1.807) is 12.4 Å². The molecule has 4 nitrogen and oxygen atoms in total. The minimum absolute atomic E-state index is 0.0671. The minimum Gasteiger partial charge on any atom is -0.492 e. The molecule has 5 heteroatoms. The van der Waals surface area contributed by atoms with Crippen LogP contribution in [0.1, 0.15) is 30.5 Å². The van der Waals surface area contributed by atoms with Gasteiger partial charge in [-0.2, -0.15) is 0 Å². The van der Waals surface area contributed by atoms with Gasteiger partial charge in [0.05, 0.1) is 18.8 Å². The van der Waals surface area contributed by atoms with E-state index >= 15 is 0 Å². The number of nitrogens with one attached hydrogen (secondary N) is 1. The number of benzene rings is 1. The molecule has 0 amide bonds.